The molecule has 37 heavy (non-hydrogen) atoms. The molecule has 8 nitrogen and oxygen atoms in total. The van der Waals surface area contributed by atoms with E-state index in [1.54, 1.807) is 21.3 Å². The molecule has 2 heterocycles. The predicted molar refractivity (Wildman–Crippen MR) is 145 cm³/mol. The second-order valence-electron chi connectivity index (χ2n) is 9.06. The predicted octanol–water partition coefficient (Wildman–Crippen LogP) is 5.61. The monoisotopic (exact) mass is 498 g/mol. The molecule has 2 N–H and O–H groups in total. The molecule has 0 aliphatic carbocycles. The standard InChI is InChI=1S/C29H30N4O4/c1-16-11-13-20(17(2)15-16)31-28(34)24-18(3)30-29-32-21-9-7-8-10-22(21)33(29)25(24)19-12-14-23(35-4)27(37-6)26(19)36-5/h7-15,25H,1-6H3,(H,30,32)(H,31,34). The molecule has 1 aliphatic heterocycles. The molecule has 1 atom stereocenters. The molecule has 1 aromatic heterocycles. The average Bonchev–Trinajstić information content (AvgIpc) is 3.26. The van der Waals surface area contributed by atoms with Gasteiger partial charge in [-0.15, -0.1) is 0 Å². The number of anilines is 2. The van der Waals surface area contributed by atoms with Crippen molar-refractivity contribution < 1.29 is 19.0 Å². The fourth-order valence-corrected chi connectivity index (χ4v) is 5.04. The van der Waals surface area contributed by atoms with Gasteiger partial charge in [0.2, 0.25) is 11.7 Å². The number of imidazole rings is 1. The van der Waals surface area contributed by atoms with Crippen LogP contribution in [0, 0.1) is 13.8 Å². The van der Waals surface area contributed by atoms with Crippen LogP contribution in [0.3, 0.4) is 0 Å². The number of para-hydroxylation sites is 2. The van der Waals surface area contributed by atoms with E-state index in [1.165, 1.54) is 0 Å². The molecule has 0 fully saturated rings. The summed E-state index contributed by atoms with van der Waals surface area (Å²) in [7, 11) is 4.73. The van der Waals surface area contributed by atoms with E-state index in [1.807, 2.05) is 79.9 Å². The smallest absolute Gasteiger partial charge is 0.255 e. The van der Waals surface area contributed by atoms with Crippen molar-refractivity contribution in [1.82, 2.24) is 9.55 Å². The van der Waals surface area contributed by atoms with E-state index < -0.39 is 6.04 Å². The molecule has 0 saturated carbocycles. The minimum absolute atomic E-state index is 0.220. The highest BCUT2D eigenvalue weighted by Crippen LogP contribution is 2.48. The first kappa shape index (κ1) is 24.2. The molecular formula is C29H30N4O4. The highest BCUT2D eigenvalue weighted by Gasteiger charge is 2.37. The molecular weight excluding hydrogens is 468 g/mol. The quantitative estimate of drug-likeness (QED) is 0.360. The summed E-state index contributed by atoms with van der Waals surface area (Å²) >= 11 is 0. The Hall–Kier alpha value is -4.46. The van der Waals surface area contributed by atoms with Gasteiger partial charge in [0.1, 0.15) is 0 Å². The maximum atomic E-state index is 14.0. The first-order chi connectivity index (χ1) is 17.9. The second-order valence-corrected chi connectivity index (χ2v) is 9.06. The average molecular weight is 499 g/mol. The van der Waals surface area contributed by atoms with Crippen LogP contribution < -0.4 is 24.8 Å². The Balaban J connectivity index is 1.74. The van der Waals surface area contributed by atoms with Crippen LogP contribution in [-0.2, 0) is 4.79 Å². The molecule has 0 saturated heterocycles. The SMILES string of the molecule is COc1ccc(C2C(C(=O)Nc3ccc(C)cc3C)=C(C)Nc3nc4ccccc4n32)c(OC)c1OC. The molecule has 190 valence electrons. The number of benzene rings is 3. The number of ether oxygens (including phenoxy) is 3. The van der Waals surface area contributed by atoms with E-state index in [9.17, 15) is 4.79 Å². The van der Waals surface area contributed by atoms with Crippen LogP contribution in [0.1, 0.15) is 29.7 Å². The maximum Gasteiger partial charge on any atom is 0.255 e. The topological polar surface area (TPSA) is 86.6 Å². The lowest BCUT2D eigenvalue weighted by molar-refractivity contribution is -0.113. The molecule has 4 aromatic rings. The molecule has 3 aromatic carbocycles. The van der Waals surface area contributed by atoms with Gasteiger partial charge in [-0.05, 0) is 56.7 Å². The summed E-state index contributed by atoms with van der Waals surface area (Å²) < 4.78 is 19.1. The largest absolute Gasteiger partial charge is 0.493 e. The Labute approximate surface area is 215 Å². The van der Waals surface area contributed by atoms with Crippen molar-refractivity contribution in [2.45, 2.75) is 26.8 Å². The molecule has 0 bridgehead atoms. The van der Waals surface area contributed by atoms with E-state index >= 15 is 0 Å². The Bertz CT molecular complexity index is 1550. The molecule has 1 amide bonds. The van der Waals surface area contributed by atoms with Crippen molar-refractivity contribution in [3.05, 3.63) is 82.6 Å². The van der Waals surface area contributed by atoms with Crippen LogP contribution in [0.25, 0.3) is 11.0 Å². The zero-order chi connectivity index (χ0) is 26.3. The number of aryl methyl sites for hydroxylation is 2. The van der Waals surface area contributed by atoms with Gasteiger partial charge in [-0.25, -0.2) is 4.98 Å². The van der Waals surface area contributed by atoms with Crippen LogP contribution >= 0.6 is 0 Å². The molecule has 1 unspecified atom stereocenters. The summed E-state index contributed by atoms with van der Waals surface area (Å²) in [6.45, 7) is 5.90. The van der Waals surface area contributed by atoms with Gasteiger partial charge >= 0.3 is 0 Å². The number of carbonyl (C=O) groups is 1. The fraction of sp³-hybridized carbons (Fsp3) is 0.241. The zero-order valence-electron chi connectivity index (χ0n) is 21.8. The molecule has 0 spiro atoms. The summed E-state index contributed by atoms with van der Waals surface area (Å²) in [5.74, 6) is 1.90. The molecule has 5 rings (SSSR count). The minimum Gasteiger partial charge on any atom is -0.493 e. The third kappa shape index (κ3) is 4.04. The van der Waals surface area contributed by atoms with E-state index in [0.29, 0.717) is 34.5 Å². The number of carbonyl (C=O) groups excluding carboxylic acids is 1. The van der Waals surface area contributed by atoms with E-state index in [4.69, 9.17) is 19.2 Å². The van der Waals surface area contributed by atoms with Crippen LogP contribution in [-0.4, -0.2) is 36.8 Å². The molecule has 0 radical (unpaired) electrons. The van der Waals surface area contributed by atoms with Crippen LogP contribution in [0.2, 0.25) is 0 Å². The number of hydrogen-bond donors (Lipinski definition) is 2. The van der Waals surface area contributed by atoms with Crippen molar-refractivity contribution in [2.24, 2.45) is 0 Å². The third-order valence-corrected chi connectivity index (χ3v) is 6.73. The van der Waals surface area contributed by atoms with Gasteiger partial charge in [-0.2, -0.15) is 0 Å². The Morgan fingerprint density at radius 1 is 0.946 bits per heavy atom. The van der Waals surface area contributed by atoms with Gasteiger partial charge in [0.05, 0.1) is 44.0 Å². The minimum atomic E-state index is -0.552. The number of aromatic nitrogens is 2. The lowest BCUT2D eigenvalue weighted by Gasteiger charge is -2.32. The van der Waals surface area contributed by atoms with Gasteiger partial charge in [0.15, 0.2) is 11.5 Å². The van der Waals surface area contributed by atoms with E-state index in [-0.39, 0.29) is 5.91 Å². The maximum absolute atomic E-state index is 14.0. The molecule has 1 aliphatic rings. The van der Waals surface area contributed by atoms with E-state index in [2.05, 4.69) is 10.6 Å². The van der Waals surface area contributed by atoms with E-state index in [0.717, 1.165) is 33.4 Å². The second kappa shape index (κ2) is 9.54. The molecule has 8 heteroatoms. The number of fused-ring (bicyclic) bond motifs is 3. The normalized spacial score (nSPS) is 14.7. The van der Waals surface area contributed by atoms with Crippen molar-refractivity contribution in [2.75, 3.05) is 32.0 Å². The third-order valence-electron chi connectivity index (χ3n) is 6.73. The number of allylic oxidation sites excluding steroid dienone is 1. The van der Waals surface area contributed by atoms with Gasteiger partial charge in [0, 0.05) is 16.9 Å². The number of hydrogen-bond acceptors (Lipinski definition) is 6. The van der Waals surface area contributed by atoms with Crippen molar-refractivity contribution >= 4 is 28.6 Å². The van der Waals surface area contributed by atoms with Gasteiger partial charge < -0.3 is 24.8 Å². The number of nitrogens with zero attached hydrogens (tertiary/aromatic N) is 2. The Kier molecular flexibility index (Phi) is 6.25. The number of amides is 1. The highest BCUT2D eigenvalue weighted by atomic mass is 16.5. The summed E-state index contributed by atoms with van der Waals surface area (Å²) in [6.07, 6.45) is 0. The van der Waals surface area contributed by atoms with Gasteiger partial charge in [0.25, 0.3) is 5.91 Å². The van der Waals surface area contributed by atoms with Crippen molar-refractivity contribution in [3.63, 3.8) is 0 Å². The van der Waals surface area contributed by atoms with Crippen LogP contribution in [0.4, 0.5) is 11.6 Å². The highest BCUT2D eigenvalue weighted by molar-refractivity contribution is 6.07. The Morgan fingerprint density at radius 2 is 1.70 bits per heavy atom. The van der Waals surface area contributed by atoms with Crippen LogP contribution in [0.5, 0.6) is 17.2 Å². The summed E-state index contributed by atoms with van der Waals surface area (Å²) in [4.78, 5) is 18.8. The van der Waals surface area contributed by atoms with Gasteiger partial charge in [-0.1, -0.05) is 29.8 Å². The number of methoxy groups -OCH3 is 3. The number of rotatable bonds is 6. The Morgan fingerprint density at radius 3 is 2.41 bits per heavy atom. The summed E-state index contributed by atoms with van der Waals surface area (Å²) in [5, 5.41) is 6.48. The van der Waals surface area contributed by atoms with Crippen LogP contribution in [0.15, 0.2) is 65.9 Å². The van der Waals surface area contributed by atoms with Gasteiger partial charge in [-0.3, -0.25) is 9.36 Å². The first-order valence-electron chi connectivity index (χ1n) is 12.0. The lowest BCUT2D eigenvalue weighted by atomic mass is 9.92. The first-order valence-corrected chi connectivity index (χ1v) is 12.0. The summed E-state index contributed by atoms with van der Waals surface area (Å²) in [5.41, 5.74) is 6.57. The van der Waals surface area contributed by atoms with Crippen molar-refractivity contribution in [1.29, 1.82) is 0 Å². The summed E-state index contributed by atoms with van der Waals surface area (Å²) in [6, 6.07) is 17.0. The lowest BCUT2D eigenvalue weighted by Crippen LogP contribution is -2.31. The van der Waals surface area contributed by atoms with Crippen molar-refractivity contribution in [3.8, 4) is 17.2 Å². The fourth-order valence-electron chi connectivity index (χ4n) is 5.04. The number of nitrogens with one attached hydrogen (secondary N) is 2. The zero-order valence-corrected chi connectivity index (χ0v) is 21.8.